The number of carbonyl (C=O) groups excluding carboxylic acids is 1. The van der Waals surface area contributed by atoms with E-state index in [1.807, 2.05) is 31.2 Å². The molecule has 1 aliphatic rings. The van der Waals surface area contributed by atoms with Gasteiger partial charge in [0.15, 0.2) is 0 Å². The minimum atomic E-state index is -0.951. The van der Waals surface area contributed by atoms with Gasteiger partial charge in [0.05, 0.1) is 17.7 Å². The molecule has 5 heteroatoms. The van der Waals surface area contributed by atoms with Gasteiger partial charge in [-0.25, -0.2) is 0 Å². The molecular weight excluding hydrogens is 268 g/mol. The predicted molar refractivity (Wildman–Crippen MR) is 79.2 cm³/mol. The molecular formula is C16H18N2O3. The first-order chi connectivity index (χ1) is 10.1. The van der Waals surface area contributed by atoms with Crippen molar-refractivity contribution < 1.29 is 14.6 Å². The van der Waals surface area contributed by atoms with E-state index < -0.39 is 5.60 Å². The van der Waals surface area contributed by atoms with Gasteiger partial charge in [-0.05, 0) is 19.1 Å². The molecule has 0 radical (unpaired) electrons. The second-order valence-corrected chi connectivity index (χ2v) is 5.54. The van der Waals surface area contributed by atoms with Crippen LogP contribution < -0.4 is 5.32 Å². The highest BCUT2D eigenvalue weighted by Crippen LogP contribution is 2.20. The van der Waals surface area contributed by atoms with E-state index in [9.17, 15) is 9.90 Å². The number of nitrogens with zero attached hydrogens (tertiary/aromatic N) is 1. The Bertz CT molecular complexity index is 678. The van der Waals surface area contributed by atoms with Crippen molar-refractivity contribution in [2.75, 3.05) is 19.8 Å². The molecule has 0 aliphatic carbocycles. The Kier molecular flexibility index (Phi) is 3.61. The Hall–Kier alpha value is -1.98. The van der Waals surface area contributed by atoms with Gasteiger partial charge in [-0.15, -0.1) is 0 Å². The lowest BCUT2D eigenvalue weighted by Crippen LogP contribution is -2.43. The molecule has 21 heavy (non-hydrogen) atoms. The molecule has 1 saturated heterocycles. The summed E-state index contributed by atoms with van der Waals surface area (Å²) in [5.41, 5.74) is 1.22. The highest BCUT2D eigenvalue weighted by Gasteiger charge is 2.32. The van der Waals surface area contributed by atoms with E-state index in [4.69, 9.17) is 4.74 Å². The van der Waals surface area contributed by atoms with Gasteiger partial charge in [0, 0.05) is 30.7 Å². The third-order valence-electron chi connectivity index (χ3n) is 3.75. The first-order valence-electron chi connectivity index (χ1n) is 7.02. The normalized spacial score (nSPS) is 21.6. The van der Waals surface area contributed by atoms with Crippen LogP contribution in [-0.2, 0) is 4.74 Å². The number of pyridine rings is 1. The minimum Gasteiger partial charge on any atom is -0.386 e. The molecule has 1 atom stereocenters. The molecule has 1 amide bonds. The maximum atomic E-state index is 12.4. The number of fused-ring (bicyclic) bond motifs is 1. The lowest BCUT2D eigenvalue weighted by Gasteiger charge is -2.20. The number of nitrogens with one attached hydrogen (secondary N) is 1. The maximum absolute atomic E-state index is 12.4. The van der Waals surface area contributed by atoms with Crippen molar-refractivity contribution in [1.29, 1.82) is 0 Å². The number of benzene rings is 1. The number of aliphatic hydroxyl groups is 1. The maximum Gasteiger partial charge on any atom is 0.252 e. The Morgan fingerprint density at radius 2 is 2.29 bits per heavy atom. The molecule has 1 aromatic carbocycles. The van der Waals surface area contributed by atoms with Crippen molar-refractivity contribution in [2.45, 2.75) is 18.9 Å². The van der Waals surface area contributed by atoms with Crippen molar-refractivity contribution in [3.8, 4) is 0 Å². The lowest BCUT2D eigenvalue weighted by molar-refractivity contribution is 0.0265. The van der Waals surface area contributed by atoms with Crippen molar-refractivity contribution in [3.63, 3.8) is 0 Å². The molecule has 2 heterocycles. The van der Waals surface area contributed by atoms with Gasteiger partial charge in [0.25, 0.3) is 5.91 Å². The van der Waals surface area contributed by atoms with Crippen LogP contribution in [0.25, 0.3) is 10.9 Å². The van der Waals surface area contributed by atoms with Crippen molar-refractivity contribution in [3.05, 3.63) is 41.6 Å². The lowest BCUT2D eigenvalue weighted by atomic mass is 10.0. The van der Waals surface area contributed by atoms with Gasteiger partial charge < -0.3 is 15.2 Å². The van der Waals surface area contributed by atoms with E-state index in [0.717, 1.165) is 16.6 Å². The topological polar surface area (TPSA) is 71.5 Å². The van der Waals surface area contributed by atoms with Gasteiger partial charge in [-0.3, -0.25) is 9.78 Å². The summed E-state index contributed by atoms with van der Waals surface area (Å²) in [5.74, 6) is -0.197. The Balaban J connectivity index is 1.84. The third-order valence-corrected chi connectivity index (χ3v) is 3.75. The molecule has 110 valence electrons. The number of ether oxygens (including phenoxy) is 1. The molecule has 5 nitrogen and oxygen atoms in total. The smallest absolute Gasteiger partial charge is 0.252 e. The largest absolute Gasteiger partial charge is 0.386 e. The van der Waals surface area contributed by atoms with E-state index in [2.05, 4.69) is 10.3 Å². The minimum absolute atomic E-state index is 0.196. The monoisotopic (exact) mass is 286 g/mol. The first kappa shape index (κ1) is 14.0. The van der Waals surface area contributed by atoms with Crippen LogP contribution in [0, 0.1) is 6.92 Å². The van der Waals surface area contributed by atoms with E-state index in [1.54, 1.807) is 6.07 Å². The quantitative estimate of drug-likeness (QED) is 0.895. The molecule has 1 unspecified atom stereocenters. The molecule has 2 N–H and O–H groups in total. The summed E-state index contributed by atoms with van der Waals surface area (Å²) in [4.78, 5) is 16.8. The number of carbonyl (C=O) groups is 1. The average Bonchev–Trinajstić information content (AvgIpc) is 2.91. The molecule has 0 saturated carbocycles. The SMILES string of the molecule is Cc1cc(C(=O)NCC2(O)CCOC2)c2ccccc2n1. The van der Waals surface area contributed by atoms with Gasteiger partial charge in [-0.1, -0.05) is 18.2 Å². The van der Waals surface area contributed by atoms with Gasteiger partial charge in [-0.2, -0.15) is 0 Å². The third kappa shape index (κ3) is 2.89. The molecule has 1 aliphatic heterocycles. The molecule has 0 bridgehead atoms. The van der Waals surface area contributed by atoms with Gasteiger partial charge in [0.1, 0.15) is 5.60 Å². The van der Waals surface area contributed by atoms with E-state index in [0.29, 0.717) is 18.6 Å². The predicted octanol–water partition coefficient (Wildman–Crippen LogP) is 1.42. The highest BCUT2D eigenvalue weighted by atomic mass is 16.5. The Morgan fingerprint density at radius 1 is 1.48 bits per heavy atom. The van der Waals surface area contributed by atoms with Crippen LogP contribution in [0.15, 0.2) is 30.3 Å². The number of rotatable bonds is 3. The number of hydrogen-bond acceptors (Lipinski definition) is 4. The zero-order valence-electron chi connectivity index (χ0n) is 11.9. The second kappa shape index (κ2) is 5.42. The fourth-order valence-corrected chi connectivity index (χ4v) is 2.57. The number of hydrogen-bond donors (Lipinski definition) is 2. The van der Waals surface area contributed by atoms with Crippen LogP contribution in [-0.4, -0.2) is 41.4 Å². The summed E-state index contributed by atoms with van der Waals surface area (Å²) >= 11 is 0. The summed E-state index contributed by atoms with van der Waals surface area (Å²) in [6, 6.07) is 9.32. The first-order valence-corrected chi connectivity index (χ1v) is 7.02. The van der Waals surface area contributed by atoms with Crippen LogP contribution in [0.4, 0.5) is 0 Å². The van der Waals surface area contributed by atoms with E-state index >= 15 is 0 Å². The summed E-state index contributed by atoms with van der Waals surface area (Å²) in [7, 11) is 0. The Morgan fingerprint density at radius 3 is 3.05 bits per heavy atom. The Labute approximate surface area is 123 Å². The number of aryl methyl sites for hydroxylation is 1. The number of amides is 1. The average molecular weight is 286 g/mol. The fourth-order valence-electron chi connectivity index (χ4n) is 2.57. The second-order valence-electron chi connectivity index (χ2n) is 5.54. The number of aromatic nitrogens is 1. The van der Waals surface area contributed by atoms with E-state index in [1.165, 1.54) is 0 Å². The van der Waals surface area contributed by atoms with Crippen molar-refractivity contribution in [2.24, 2.45) is 0 Å². The molecule has 1 fully saturated rings. The van der Waals surface area contributed by atoms with Gasteiger partial charge >= 0.3 is 0 Å². The van der Waals surface area contributed by atoms with Crippen LogP contribution in [0.1, 0.15) is 22.5 Å². The summed E-state index contributed by atoms with van der Waals surface area (Å²) in [5, 5.41) is 13.8. The zero-order chi connectivity index (χ0) is 14.9. The van der Waals surface area contributed by atoms with Crippen molar-refractivity contribution in [1.82, 2.24) is 10.3 Å². The van der Waals surface area contributed by atoms with Crippen LogP contribution in [0.2, 0.25) is 0 Å². The summed E-state index contributed by atoms with van der Waals surface area (Å²) in [6.07, 6.45) is 0.545. The highest BCUT2D eigenvalue weighted by molar-refractivity contribution is 6.06. The molecule has 3 rings (SSSR count). The van der Waals surface area contributed by atoms with Crippen LogP contribution in [0.5, 0.6) is 0 Å². The van der Waals surface area contributed by atoms with Crippen LogP contribution in [0.3, 0.4) is 0 Å². The van der Waals surface area contributed by atoms with Gasteiger partial charge in [0.2, 0.25) is 0 Å². The zero-order valence-corrected chi connectivity index (χ0v) is 11.9. The van der Waals surface area contributed by atoms with Crippen molar-refractivity contribution >= 4 is 16.8 Å². The molecule has 2 aromatic rings. The molecule has 1 aromatic heterocycles. The van der Waals surface area contributed by atoms with E-state index in [-0.39, 0.29) is 19.1 Å². The number of para-hydroxylation sites is 1. The standard InChI is InChI=1S/C16H18N2O3/c1-11-8-13(12-4-2-3-5-14(12)18-11)15(19)17-9-16(20)6-7-21-10-16/h2-5,8,20H,6-7,9-10H2,1H3,(H,17,19). The van der Waals surface area contributed by atoms with Crippen LogP contribution >= 0.6 is 0 Å². The summed E-state index contributed by atoms with van der Waals surface area (Å²) < 4.78 is 5.18. The fraction of sp³-hybridized carbons (Fsp3) is 0.375. The summed E-state index contributed by atoms with van der Waals surface area (Å²) in [6.45, 7) is 2.86. The molecule has 0 spiro atoms.